The maximum absolute atomic E-state index is 13.0. The Kier molecular flexibility index (Phi) is 5.73. The second kappa shape index (κ2) is 8.01. The first-order valence-corrected chi connectivity index (χ1v) is 9.74. The van der Waals surface area contributed by atoms with Gasteiger partial charge in [-0.2, -0.15) is 11.8 Å². The molecule has 1 aliphatic rings. The highest BCUT2D eigenvalue weighted by atomic mass is 32.2. The largest absolute Gasteiger partial charge is 0.501 e. The second-order valence-corrected chi connectivity index (χ2v) is 7.05. The highest BCUT2D eigenvalue weighted by molar-refractivity contribution is 7.98. The van der Waals surface area contributed by atoms with Gasteiger partial charge >= 0.3 is 0 Å². The maximum atomic E-state index is 13.0. The maximum Gasteiger partial charge on any atom is 0.296 e. The number of halogens is 1. The first-order chi connectivity index (χ1) is 12.5. The molecule has 1 unspecified atom stereocenters. The lowest BCUT2D eigenvalue weighted by molar-refractivity contribution is 0.0973. The summed E-state index contributed by atoms with van der Waals surface area (Å²) in [6.45, 7) is 1.01. The summed E-state index contributed by atoms with van der Waals surface area (Å²) in [5.74, 6) is -0.142. The first kappa shape index (κ1) is 18.6. The van der Waals surface area contributed by atoms with E-state index in [0.717, 1.165) is 5.56 Å². The van der Waals surface area contributed by atoms with Crippen molar-refractivity contribution in [3.63, 3.8) is 0 Å². The number of carbonyl (C=O) groups excluding carboxylic acids is 1. The van der Waals surface area contributed by atoms with Gasteiger partial charge in [0.2, 0.25) is 5.75 Å². The van der Waals surface area contributed by atoms with Gasteiger partial charge in [0.25, 0.3) is 5.56 Å². The van der Waals surface area contributed by atoms with Crippen LogP contribution in [0.25, 0.3) is 0 Å². The van der Waals surface area contributed by atoms with Gasteiger partial charge in [0.05, 0.1) is 6.04 Å². The van der Waals surface area contributed by atoms with Gasteiger partial charge in [-0.3, -0.25) is 14.2 Å². The first-order valence-electron chi connectivity index (χ1n) is 8.35. The number of hydrogen-bond acceptors (Lipinski definition) is 6. The number of thioether (sulfide) groups is 1. The number of fused-ring (bicyclic) bond motifs is 1. The molecule has 0 fully saturated rings. The molecule has 2 N–H and O–H groups in total. The van der Waals surface area contributed by atoms with Crippen molar-refractivity contribution in [2.45, 2.75) is 25.4 Å². The van der Waals surface area contributed by atoms with E-state index in [-0.39, 0.29) is 24.0 Å². The fraction of sp³-hybridized carbons (Fsp3) is 0.389. The van der Waals surface area contributed by atoms with Crippen molar-refractivity contribution in [2.24, 2.45) is 0 Å². The molecule has 2 heterocycles. The van der Waals surface area contributed by atoms with Crippen LogP contribution in [0.5, 0.6) is 5.75 Å². The molecule has 1 aromatic heterocycles. The summed E-state index contributed by atoms with van der Waals surface area (Å²) in [7, 11) is 0. The van der Waals surface area contributed by atoms with Crippen molar-refractivity contribution in [1.82, 2.24) is 14.9 Å². The highest BCUT2D eigenvalue weighted by Crippen LogP contribution is 2.22. The standard InChI is InChI=1S/C18H20FN3O3S/c1-26-10-13-17-21-15(16(24)18(25)22(17)9-8-20-13)14(23)7-4-11-2-5-12(19)6-3-11/h2-3,5-6,13,20,24H,4,7-10H2,1H3. The normalized spacial score (nSPS) is 16.3. The Labute approximate surface area is 154 Å². The zero-order valence-corrected chi connectivity index (χ0v) is 15.2. The monoisotopic (exact) mass is 377 g/mol. The summed E-state index contributed by atoms with van der Waals surface area (Å²) in [5.41, 5.74) is 0.0433. The summed E-state index contributed by atoms with van der Waals surface area (Å²) in [5, 5.41) is 13.5. The minimum atomic E-state index is -0.595. The number of nitrogens with one attached hydrogen (secondary N) is 1. The number of aromatic hydroxyl groups is 1. The molecule has 0 saturated carbocycles. The van der Waals surface area contributed by atoms with E-state index in [0.29, 0.717) is 31.1 Å². The van der Waals surface area contributed by atoms with E-state index in [1.807, 2.05) is 6.26 Å². The second-order valence-electron chi connectivity index (χ2n) is 6.14. The topological polar surface area (TPSA) is 84.2 Å². The van der Waals surface area contributed by atoms with Crippen molar-refractivity contribution >= 4 is 17.5 Å². The number of rotatable bonds is 6. The highest BCUT2D eigenvalue weighted by Gasteiger charge is 2.27. The lowest BCUT2D eigenvalue weighted by Crippen LogP contribution is -2.42. The minimum absolute atomic E-state index is 0.0791. The van der Waals surface area contributed by atoms with Crippen molar-refractivity contribution in [1.29, 1.82) is 0 Å². The molecule has 138 valence electrons. The number of nitrogens with zero attached hydrogens (tertiary/aromatic N) is 2. The van der Waals surface area contributed by atoms with Gasteiger partial charge < -0.3 is 10.4 Å². The van der Waals surface area contributed by atoms with E-state index in [1.54, 1.807) is 23.9 Å². The quantitative estimate of drug-likeness (QED) is 0.748. The number of ketones is 1. The molecule has 1 atom stereocenters. The van der Waals surface area contributed by atoms with Gasteiger partial charge in [-0.05, 0) is 30.4 Å². The molecule has 0 radical (unpaired) electrons. The molecular weight excluding hydrogens is 357 g/mol. The average molecular weight is 377 g/mol. The summed E-state index contributed by atoms with van der Waals surface area (Å²) >= 11 is 1.61. The fourth-order valence-corrected chi connectivity index (χ4v) is 3.61. The molecule has 1 aromatic carbocycles. The van der Waals surface area contributed by atoms with E-state index < -0.39 is 17.1 Å². The van der Waals surface area contributed by atoms with Gasteiger partial charge in [-0.15, -0.1) is 0 Å². The third-order valence-electron chi connectivity index (χ3n) is 4.36. The molecule has 0 spiro atoms. The third kappa shape index (κ3) is 3.81. The SMILES string of the molecule is CSCC1NCCn2c1nc(C(=O)CCc1ccc(F)cc1)c(O)c2=O. The van der Waals surface area contributed by atoms with Gasteiger partial charge in [-0.25, -0.2) is 9.37 Å². The summed E-state index contributed by atoms with van der Waals surface area (Å²) in [6.07, 6.45) is 2.41. The Morgan fingerprint density at radius 3 is 2.85 bits per heavy atom. The number of Topliss-reactive ketones (excluding diaryl/α,β-unsaturated/α-hetero) is 1. The van der Waals surface area contributed by atoms with E-state index >= 15 is 0 Å². The number of benzene rings is 1. The predicted molar refractivity (Wildman–Crippen MR) is 98.3 cm³/mol. The van der Waals surface area contributed by atoms with Crippen LogP contribution in [0.3, 0.4) is 0 Å². The third-order valence-corrected chi connectivity index (χ3v) is 5.03. The van der Waals surface area contributed by atoms with Crippen molar-refractivity contribution in [3.8, 4) is 5.75 Å². The van der Waals surface area contributed by atoms with Crippen molar-refractivity contribution in [3.05, 3.63) is 57.5 Å². The van der Waals surface area contributed by atoms with Crippen LogP contribution >= 0.6 is 11.8 Å². The van der Waals surface area contributed by atoms with Crippen LogP contribution in [0.1, 0.15) is 34.3 Å². The molecule has 2 aromatic rings. The zero-order valence-electron chi connectivity index (χ0n) is 14.4. The predicted octanol–water partition coefficient (Wildman–Crippen LogP) is 1.91. The molecule has 6 nitrogen and oxygen atoms in total. The van der Waals surface area contributed by atoms with E-state index in [1.165, 1.54) is 16.7 Å². The molecule has 1 aliphatic heterocycles. The Morgan fingerprint density at radius 1 is 1.42 bits per heavy atom. The van der Waals surface area contributed by atoms with Gasteiger partial charge in [0.15, 0.2) is 11.5 Å². The molecule has 26 heavy (non-hydrogen) atoms. The Morgan fingerprint density at radius 2 is 2.15 bits per heavy atom. The number of aryl methyl sites for hydroxylation is 1. The molecule has 0 bridgehead atoms. The van der Waals surface area contributed by atoms with E-state index in [2.05, 4.69) is 10.3 Å². The zero-order chi connectivity index (χ0) is 18.7. The molecular formula is C18H20FN3O3S. The average Bonchev–Trinajstić information content (AvgIpc) is 2.64. The lowest BCUT2D eigenvalue weighted by Gasteiger charge is -2.27. The Bertz CT molecular complexity index is 867. The van der Waals surface area contributed by atoms with Crippen molar-refractivity contribution < 1.29 is 14.3 Å². The van der Waals surface area contributed by atoms with Crippen LogP contribution in [0.15, 0.2) is 29.1 Å². The lowest BCUT2D eigenvalue weighted by atomic mass is 10.1. The van der Waals surface area contributed by atoms with Crippen LogP contribution in [0, 0.1) is 5.82 Å². The molecule has 8 heteroatoms. The smallest absolute Gasteiger partial charge is 0.296 e. The van der Waals surface area contributed by atoms with Crippen LogP contribution in [-0.2, 0) is 13.0 Å². The molecule has 0 saturated heterocycles. The van der Waals surface area contributed by atoms with Crippen LogP contribution in [-0.4, -0.2) is 39.0 Å². The number of aromatic nitrogens is 2. The molecule has 0 amide bonds. The van der Waals surface area contributed by atoms with E-state index in [9.17, 15) is 19.1 Å². The minimum Gasteiger partial charge on any atom is -0.501 e. The summed E-state index contributed by atoms with van der Waals surface area (Å²) < 4.78 is 14.4. The molecule has 3 rings (SSSR count). The van der Waals surface area contributed by atoms with Gasteiger partial charge in [-0.1, -0.05) is 12.1 Å². The van der Waals surface area contributed by atoms with Gasteiger partial charge in [0.1, 0.15) is 11.6 Å². The van der Waals surface area contributed by atoms with E-state index in [4.69, 9.17) is 0 Å². The Hall–Kier alpha value is -2.19. The number of carbonyl (C=O) groups is 1. The summed E-state index contributed by atoms with van der Waals surface area (Å²) in [6, 6.07) is 5.74. The Balaban J connectivity index is 1.85. The van der Waals surface area contributed by atoms with Crippen LogP contribution in [0.4, 0.5) is 4.39 Å². The number of hydrogen-bond donors (Lipinski definition) is 2. The van der Waals surface area contributed by atoms with Crippen LogP contribution in [0.2, 0.25) is 0 Å². The van der Waals surface area contributed by atoms with Crippen molar-refractivity contribution in [2.75, 3.05) is 18.6 Å². The summed E-state index contributed by atoms with van der Waals surface area (Å²) in [4.78, 5) is 29.3. The molecule has 0 aliphatic carbocycles. The fourth-order valence-electron chi connectivity index (χ4n) is 3.01. The van der Waals surface area contributed by atoms with Crippen LogP contribution < -0.4 is 10.9 Å². The van der Waals surface area contributed by atoms with Gasteiger partial charge in [0, 0.05) is 25.3 Å².